The van der Waals surface area contributed by atoms with Crippen LogP contribution in [0.5, 0.6) is 0 Å². The second kappa shape index (κ2) is 9.51. The van der Waals surface area contributed by atoms with Crippen LogP contribution in [-0.2, 0) is 22.6 Å². The number of aryl methyl sites for hydroxylation is 1. The topological polar surface area (TPSA) is 49.4 Å². The van der Waals surface area contributed by atoms with Crippen molar-refractivity contribution in [2.45, 2.75) is 39.8 Å². The van der Waals surface area contributed by atoms with E-state index in [9.17, 15) is 14.0 Å². The lowest BCUT2D eigenvalue weighted by Gasteiger charge is -2.29. The van der Waals surface area contributed by atoms with Crippen LogP contribution in [0, 0.1) is 12.7 Å². The molecule has 0 heterocycles. The highest BCUT2D eigenvalue weighted by Gasteiger charge is 2.27. The summed E-state index contributed by atoms with van der Waals surface area (Å²) in [5.41, 5.74) is 2.10. The Morgan fingerprint density at radius 3 is 2.56 bits per heavy atom. The van der Waals surface area contributed by atoms with E-state index < -0.39 is 11.9 Å². The largest absolute Gasteiger partial charge is 0.355 e. The van der Waals surface area contributed by atoms with Crippen LogP contribution < -0.4 is 5.32 Å². The Labute approximate surface area is 164 Å². The number of nitrogens with one attached hydrogen (secondary N) is 1. The van der Waals surface area contributed by atoms with E-state index >= 15 is 0 Å². The number of likely N-dealkylation sites (N-methyl/N-ethyl adjacent to an activating group) is 1. The second-order valence-electron chi connectivity index (χ2n) is 6.46. The minimum absolute atomic E-state index is 0.140. The van der Waals surface area contributed by atoms with Gasteiger partial charge in [0.1, 0.15) is 11.9 Å². The van der Waals surface area contributed by atoms with E-state index in [1.807, 2.05) is 38.1 Å². The molecule has 6 heteroatoms. The minimum atomic E-state index is -0.691. The summed E-state index contributed by atoms with van der Waals surface area (Å²) in [6, 6.07) is 11.3. The van der Waals surface area contributed by atoms with Gasteiger partial charge in [0.15, 0.2) is 0 Å². The highest BCUT2D eigenvalue weighted by molar-refractivity contribution is 6.31. The van der Waals surface area contributed by atoms with Gasteiger partial charge in [-0.25, -0.2) is 4.39 Å². The maximum absolute atomic E-state index is 14.1. The lowest BCUT2D eigenvalue weighted by molar-refractivity contribution is -0.140. The molecule has 0 unspecified atom stereocenters. The standard InChI is InChI=1S/C21H24ClFN2O2/c1-4-24-21(27)15(3)25(13-16-8-5-7-14(2)11-16)20(26)12-17-18(22)9-6-10-19(17)23/h5-11,15H,4,12-13H2,1-3H3,(H,24,27)/t15-/m0/s1. The quantitative estimate of drug-likeness (QED) is 0.779. The highest BCUT2D eigenvalue weighted by Crippen LogP contribution is 2.21. The third-order valence-electron chi connectivity index (χ3n) is 4.34. The van der Waals surface area contributed by atoms with E-state index in [1.165, 1.54) is 17.0 Å². The fraction of sp³-hybridized carbons (Fsp3) is 0.333. The Kier molecular flexibility index (Phi) is 7.36. The SMILES string of the molecule is CCNC(=O)[C@H](C)N(Cc1cccc(C)c1)C(=O)Cc1c(F)cccc1Cl. The summed E-state index contributed by atoms with van der Waals surface area (Å²) in [4.78, 5) is 26.8. The molecule has 4 nitrogen and oxygen atoms in total. The third-order valence-corrected chi connectivity index (χ3v) is 4.70. The van der Waals surface area contributed by atoms with Gasteiger partial charge in [-0.15, -0.1) is 0 Å². The van der Waals surface area contributed by atoms with Crippen molar-refractivity contribution in [1.29, 1.82) is 0 Å². The molecule has 0 fully saturated rings. The number of hydrogen-bond donors (Lipinski definition) is 1. The van der Waals surface area contributed by atoms with Crippen LogP contribution in [0.15, 0.2) is 42.5 Å². The van der Waals surface area contributed by atoms with Crippen molar-refractivity contribution >= 4 is 23.4 Å². The van der Waals surface area contributed by atoms with Gasteiger partial charge >= 0.3 is 0 Å². The number of hydrogen-bond acceptors (Lipinski definition) is 2. The first-order valence-electron chi connectivity index (χ1n) is 8.89. The summed E-state index contributed by atoms with van der Waals surface area (Å²) in [5.74, 6) is -1.14. The van der Waals surface area contributed by atoms with Gasteiger partial charge in [-0.2, -0.15) is 0 Å². The Morgan fingerprint density at radius 2 is 1.93 bits per heavy atom. The molecule has 27 heavy (non-hydrogen) atoms. The molecule has 0 aliphatic rings. The van der Waals surface area contributed by atoms with Crippen molar-refractivity contribution in [3.63, 3.8) is 0 Å². The lowest BCUT2D eigenvalue weighted by atomic mass is 10.1. The molecule has 0 spiro atoms. The van der Waals surface area contributed by atoms with Gasteiger partial charge in [0.05, 0.1) is 6.42 Å². The van der Waals surface area contributed by atoms with E-state index in [0.717, 1.165) is 11.1 Å². The van der Waals surface area contributed by atoms with Crippen LogP contribution in [0.2, 0.25) is 5.02 Å². The molecule has 0 radical (unpaired) electrons. The molecule has 0 saturated heterocycles. The summed E-state index contributed by atoms with van der Waals surface area (Å²) in [6.45, 7) is 6.17. The number of amides is 2. The van der Waals surface area contributed by atoms with E-state index in [4.69, 9.17) is 11.6 Å². The Bertz CT molecular complexity index is 805. The smallest absolute Gasteiger partial charge is 0.242 e. The van der Waals surface area contributed by atoms with Gasteiger partial charge in [0, 0.05) is 23.7 Å². The Hall–Kier alpha value is -2.40. The first-order valence-corrected chi connectivity index (χ1v) is 9.26. The second-order valence-corrected chi connectivity index (χ2v) is 6.87. The average Bonchev–Trinajstić information content (AvgIpc) is 2.62. The fourth-order valence-electron chi connectivity index (χ4n) is 2.87. The summed E-state index contributed by atoms with van der Waals surface area (Å²) in [5, 5.41) is 2.93. The first-order chi connectivity index (χ1) is 12.8. The summed E-state index contributed by atoms with van der Waals surface area (Å²) in [7, 11) is 0. The lowest BCUT2D eigenvalue weighted by Crippen LogP contribution is -2.48. The van der Waals surface area contributed by atoms with Gasteiger partial charge in [0.2, 0.25) is 11.8 Å². The van der Waals surface area contributed by atoms with Crippen LogP contribution in [-0.4, -0.2) is 29.3 Å². The number of rotatable bonds is 7. The summed E-state index contributed by atoms with van der Waals surface area (Å²) < 4.78 is 14.1. The molecule has 2 aromatic rings. The number of benzene rings is 2. The first kappa shape index (κ1) is 20.9. The van der Waals surface area contributed by atoms with Crippen molar-refractivity contribution < 1.29 is 14.0 Å². The Morgan fingerprint density at radius 1 is 1.22 bits per heavy atom. The van der Waals surface area contributed by atoms with Crippen LogP contribution in [0.3, 0.4) is 0 Å². The molecule has 0 bridgehead atoms. The molecular weight excluding hydrogens is 367 g/mol. The molecule has 0 saturated carbocycles. The van der Waals surface area contributed by atoms with Gasteiger partial charge < -0.3 is 10.2 Å². The number of nitrogens with zero attached hydrogens (tertiary/aromatic N) is 1. The van der Waals surface area contributed by atoms with Gasteiger partial charge in [-0.1, -0.05) is 47.5 Å². The van der Waals surface area contributed by atoms with E-state index in [-0.39, 0.29) is 35.4 Å². The average molecular weight is 391 g/mol. The molecule has 1 N–H and O–H groups in total. The fourth-order valence-corrected chi connectivity index (χ4v) is 3.10. The number of carbonyl (C=O) groups is 2. The molecule has 0 aliphatic carbocycles. The Balaban J connectivity index is 2.30. The maximum Gasteiger partial charge on any atom is 0.242 e. The normalized spacial score (nSPS) is 11.7. The predicted molar refractivity (Wildman–Crippen MR) is 105 cm³/mol. The number of halogens is 2. The maximum atomic E-state index is 14.1. The van der Waals surface area contributed by atoms with Crippen molar-refractivity contribution in [2.24, 2.45) is 0 Å². The predicted octanol–water partition coefficient (Wildman–Crippen LogP) is 3.88. The number of carbonyl (C=O) groups excluding carboxylic acids is 2. The zero-order valence-corrected chi connectivity index (χ0v) is 16.5. The molecule has 2 rings (SSSR count). The van der Waals surface area contributed by atoms with Crippen molar-refractivity contribution in [1.82, 2.24) is 10.2 Å². The molecule has 144 valence electrons. The summed E-state index contributed by atoms with van der Waals surface area (Å²) in [6.07, 6.45) is -0.207. The van der Waals surface area contributed by atoms with Gasteiger partial charge in [-0.3, -0.25) is 9.59 Å². The van der Waals surface area contributed by atoms with E-state index in [0.29, 0.717) is 6.54 Å². The molecule has 2 amide bonds. The van der Waals surface area contributed by atoms with Crippen molar-refractivity contribution in [3.05, 3.63) is 70.0 Å². The zero-order chi connectivity index (χ0) is 20.0. The molecule has 0 aliphatic heterocycles. The van der Waals surface area contributed by atoms with Crippen molar-refractivity contribution in [2.75, 3.05) is 6.54 Å². The molecular formula is C21H24ClFN2O2. The van der Waals surface area contributed by atoms with Gasteiger partial charge in [-0.05, 0) is 38.5 Å². The van der Waals surface area contributed by atoms with E-state index in [1.54, 1.807) is 13.0 Å². The van der Waals surface area contributed by atoms with Crippen LogP contribution in [0.1, 0.15) is 30.5 Å². The van der Waals surface area contributed by atoms with Crippen molar-refractivity contribution in [3.8, 4) is 0 Å². The van der Waals surface area contributed by atoms with Gasteiger partial charge in [0.25, 0.3) is 0 Å². The third kappa shape index (κ3) is 5.54. The highest BCUT2D eigenvalue weighted by atomic mass is 35.5. The van der Waals surface area contributed by atoms with Crippen LogP contribution in [0.4, 0.5) is 4.39 Å². The zero-order valence-electron chi connectivity index (χ0n) is 15.8. The minimum Gasteiger partial charge on any atom is -0.355 e. The molecule has 1 atom stereocenters. The van der Waals surface area contributed by atoms with Crippen LogP contribution >= 0.6 is 11.6 Å². The summed E-state index contributed by atoms with van der Waals surface area (Å²) >= 11 is 6.06. The molecule has 0 aromatic heterocycles. The monoisotopic (exact) mass is 390 g/mol. The van der Waals surface area contributed by atoms with E-state index in [2.05, 4.69) is 5.32 Å². The van der Waals surface area contributed by atoms with Crippen LogP contribution in [0.25, 0.3) is 0 Å². The molecule has 2 aromatic carbocycles.